The number of hydrogen-bond acceptors (Lipinski definition) is 5. The lowest BCUT2D eigenvalue weighted by Crippen LogP contribution is -2.17. The van der Waals surface area contributed by atoms with Crippen molar-refractivity contribution < 1.29 is 9.72 Å². The van der Waals surface area contributed by atoms with Crippen LogP contribution in [0.5, 0.6) is 0 Å². The summed E-state index contributed by atoms with van der Waals surface area (Å²) < 4.78 is 0.379. The number of nitrogens with one attached hydrogen (secondary N) is 1. The molecule has 0 atom stereocenters. The van der Waals surface area contributed by atoms with Crippen molar-refractivity contribution in [3.8, 4) is 0 Å². The molecule has 2 aromatic rings. The third-order valence-corrected chi connectivity index (χ3v) is 3.14. The van der Waals surface area contributed by atoms with Gasteiger partial charge in [-0.1, -0.05) is 6.07 Å². The van der Waals surface area contributed by atoms with Gasteiger partial charge in [0, 0.05) is 24.0 Å². The summed E-state index contributed by atoms with van der Waals surface area (Å²) in [7, 11) is 0. The average Bonchev–Trinajstić information content (AvgIpc) is 2.49. The molecule has 8 heteroatoms. The van der Waals surface area contributed by atoms with Crippen LogP contribution < -0.4 is 5.43 Å². The van der Waals surface area contributed by atoms with Crippen molar-refractivity contribution in [1.82, 2.24) is 10.4 Å². The third kappa shape index (κ3) is 3.93. The minimum atomic E-state index is -0.504. The van der Waals surface area contributed by atoms with E-state index in [0.717, 1.165) is 0 Å². The van der Waals surface area contributed by atoms with Gasteiger partial charge < -0.3 is 0 Å². The Kier molecular flexibility index (Phi) is 4.72. The van der Waals surface area contributed by atoms with E-state index in [1.165, 1.54) is 18.5 Å². The Morgan fingerprint density at radius 3 is 2.90 bits per heavy atom. The van der Waals surface area contributed by atoms with Gasteiger partial charge in [0.15, 0.2) is 0 Å². The number of amides is 1. The number of carbonyl (C=O) groups excluding carboxylic acids is 1. The van der Waals surface area contributed by atoms with E-state index in [9.17, 15) is 14.9 Å². The number of pyridine rings is 1. The molecular formula is C13H9BrN4O3. The van der Waals surface area contributed by atoms with E-state index in [-0.39, 0.29) is 5.69 Å². The standard InChI is InChI=1S/C13H9BrN4O3/c14-11-4-3-9(6-12(11)18(20)21)7-16-17-13(19)10-2-1-5-15-8-10/h1-8H,(H,17,19). The van der Waals surface area contributed by atoms with E-state index in [1.54, 1.807) is 30.5 Å². The molecule has 106 valence electrons. The quantitative estimate of drug-likeness (QED) is 0.521. The number of aromatic nitrogens is 1. The van der Waals surface area contributed by atoms with Gasteiger partial charge in [-0.15, -0.1) is 0 Å². The number of benzene rings is 1. The monoisotopic (exact) mass is 348 g/mol. The van der Waals surface area contributed by atoms with Gasteiger partial charge in [-0.25, -0.2) is 5.43 Å². The predicted octanol–water partition coefficient (Wildman–Crippen LogP) is 2.52. The van der Waals surface area contributed by atoms with Gasteiger partial charge in [0.2, 0.25) is 0 Å². The first-order chi connectivity index (χ1) is 10.1. The van der Waals surface area contributed by atoms with Crippen LogP contribution in [0.4, 0.5) is 5.69 Å². The Morgan fingerprint density at radius 1 is 1.43 bits per heavy atom. The van der Waals surface area contributed by atoms with Crippen LogP contribution in [-0.2, 0) is 0 Å². The second-order valence-corrected chi connectivity index (χ2v) is 4.76. The zero-order chi connectivity index (χ0) is 15.2. The van der Waals surface area contributed by atoms with Crippen LogP contribution in [0.1, 0.15) is 15.9 Å². The van der Waals surface area contributed by atoms with Gasteiger partial charge in [-0.3, -0.25) is 19.9 Å². The molecule has 0 aliphatic heterocycles. The Balaban J connectivity index is 2.07. The van der Waals surface area contributed by atoms with E-state index in [4.69, 9.17) is 0 Å². The average molecular weight is 349 g/mol. The molecule has 0 saturated carbocycles. The van der Waals surface area contributed by atoms with Crippen molar-refractivity contribution in [3.05, 3.63) is 68.4 Å². The van der Waals surface area contributed by atoms with Crippen LogP contribution in [0.2, 0.25) is 0 Å². The fraction of sp³-hybridized carbons (Fsp3) is 0. The third-order valence-electron chi connectivity index (χ3n) is 2.47. The van der Waals surface area contributed by atoms with E-state index in [1.807, 2.05) is 0 Å². The highest BCUT2D eigenvalue weighted by molar-refractivity contribution is 9.10. The van der Waals surface area contributed by atoms with E-state index in [2.05, 4.69) is 31.4 Å². The SMILES string of the molecule is O=C(NN=Cc1ccc(Br)c([N+](=O)[O-])c1)c1cccnc1. The number of nitro groups is 1. The second-order valence-electron chi connectivity index (χ2n) is 3.91. The molecule has 2 rings (SSSR count). The summed E-state index contributed by atoms with van der Waals surface area (Å²) in [6, 6.07) is 7.77. The molecule has 0 aliphatic carbocycles. The topological polar surface area (TPSA) is 97.5 Å². The number of nitro benzene ring substituents is 1. The molecule has 0 radical (unpaired) electrons. The molecule has 0 spiro atoms. The maximum absolute atomic E-state index is 11.7. The summed E-state index contributed by atoms with van der Waals surface area (Å²) in [6.45, 7) is 0. The maximum atomic E-state index is 11.7. The summed E-state index contributed by atoms with van der Waals surface area (Å²) in [5.41, 5.74) is 3.12. The largest absolute Gasteiger partial charge is 0.284 e. The number of hydrazone groups is 1. The Morgan fingerprint density at radius 2 is 2.24 bits per heavy atom. The summed E-state index contributed by atoms with van der Waals surface area (Å²) in [4.78, 5) is 25.8. The highest BCUT2D eigenvalue weighted by Gasteiger charge is 2.11. The molecule has 0 saturated heterocycles. The zero-order valence-electron chi connectivity index (χ0n) is 10.6. The molecule has 1 aromatic carbocycles. The van der Waals surface area contributed by atoms with Gasteiger partial charge in [-0.2, -0.15) is 5.10 Å². The number of carbonyl (C=O) groups is 1. The number of hydrogen-bond donors (Lipinski definition) is 1. The Bertz CT molecular complexity index is 704. The van der Waals surface area contributed by atoms with Crippen LogP contribution in [0.15, 0.2) is 52.3 Å². The highest BCUT2D eigenvalue weighted by Crippen LogP contribution is 2.24. The summed E-state index contributed by atoms with van der Waals surface area (Å²) in [5.74, 6) is -0.411. The molecule has 0 bridgehead atoms. The lowest BCUT2D eigenvalue weighted by molar-refractivity contribution is -0.385. The normalized spacial score (nSPS) is 10.5. The molecule has 1 heterocycles. The fourth-order valence-corrected chi connectivity index (χ4v) is 1.87. The van der Waals surface area contributed by atoms with Crippen molar-refractivity contribution in [3.63, 3.8) is 0 Å². The van der Waals surface area contributed by atoms with Crippen molar-refractivity contribution in [2.75, 3.05) is 0 Å². The fourth-order valence-electron chi connectivity index (χ4n) is 1.48. The molecule has 7 nitrogen and oxygen atoms in total. The minimum absolute atomic E-state index is 0.0717. The van der Waals surface area contributed by atoms with Crippen molar-refractivity contribution in [1.29, 1.82) is 0 Å². The van der Waals surface area contributed by atoms with Gasteiger partial charge in [0.1, 0.15) is 0 Å². The number of rotatable bonds is 4. The molecule has 0 unspecified atom stereocenters. The molecule has 0 fully saturated rings. The van der Waals surface area contributed by atoms with Gasteiger partial charge in [-0.05, 0) is 34.1 Å². The van der Waals surface area contributed by atoms with E-state index in [0.29, 0.717) is 15.6 Å². The summed E-state index contributed by atoms with van der Waals surface area (Å²) in [6.07, 6.45) is 4.30. The van der Waals surface area contributed by atoms with E-state index < -0.39 is 10.8 Å². The molecule has 1 amide bonds. The van der Waals surface area contributed by atoms with E-state index >= 15 is 0 Å². The van der Waals surface area contributed by atoms with Crippen LogP contribution in [-0.4, -0.2) is 22.0 Å². The summed E-state index contributed by atoms with van der Waals surface area (Å²) in [5, 5.41) is 14.6. The van der Waals surface area contributed by atoms with Crippen LogP contribution >= 0.6 is 15.9 Å². The number of nitrogens with zero attached hydrogens (tertiary/aromatic N) is 3. The molecule has 1 N–H and O–H groups in total. The van der Waals surface area contributed by atoms with Crippen molar-refractivity contribution in [2.24, 2.45) is 5.10 Å². The smallest absolute Gasteiger partial charge is 0.267 e. The van der Waals surface area contributed by atoms with Crippen molar-refractivity contribution >= 4 is 33.7 Å². The number of halogens is 1. The first-order valence-electron chi connectivity index (χ1n) is 5.75. The van der Waals surface area contributed by atoms with Gasteiger partial charge >= 0.3 is 0 Å². The second kappa shape index (κ2) is 6.71. The lowest BCUT2D eigenvalue weighted by atomic mass is 10.2. The minimum Gasteiger partial charge on any atom is -0.267 e. The van der Waals surface area contributed by atoms with Gasteiger partial charge in [0.25, 0.3) is 11.6 Å². The highest BCUT2D eigenvalue weighted by atomic mass is 79.9. The molecular weight excluding hydrogens is 340 g/mol. The Hall–Kier alpha value is -2.61. The molecule has 0 aliphatic rings. The molecule has 21 heavy (non-hydrogen) atoms. The first kappa shape index (κ1) is 14.8. The van der Waals surface area contributed by atoms with Crippen LogP contribution in [0, 0.1) is 10.1 Å². The predicted molar refractivity (Wildman–Crippen MR) is 80.1 cm³/mol. The summed E-state index contributed by atoms with van der Waals surface area (Å²) >= 11 is 3.09. The van der Waals surface area contributed by atoms with Crippen LogP contribution in [0.25, 0.3) is 0 Å². The maximum Gasteiger partial charge on any atom is 0.284 e. The first-order valence-corrected chi connectivity index (χ1v) is 6.54. The van der Waals surface area contributed by atoms with Crippen LogP contribution in [0.3, 0.4) is 0 Å². The van der Waals surface area contributed by atoms with Gasteiger partial charge in [0.05, 0.1) is 21.2 Å². The molecule has 1 aromatic heterocycles. The lowest BCUT2D eigenvalue weighted by Gasteiger charge is -1.99. The zero-order valence-corrected chi connectivity index (χ0v) is 12.1. The Labute approximate surface area is 128 Å². The van der Waals surface area contributed by atoms with Crippen molar-refractivity contribution in [2.45, 2.75) is 0 Å².